The average molecular weight is 460 g/mol. The highest BCUT2D eigenvalue weighted by Gasteiger charge is 2.22. The molecule has 0 bridgehead atoms. The van der Waals surface area contributed by atoms with Crippen LogP contribution in [0.3, 0.4) is 0 Å². The number of hydrogen-bond donors (Lipinski definition) is 0. The van der Waals surface area contributed by atoms with E-state index < -0.39 is 11.2 Å². The molecule has 1 unspecified atom stereocenters. The molecule has 1 aliphatic carbocycles. The molecule has 6 heteroatoms. The lowest BCUT2D eigenvalue weighted by atomic mass is 9.91. The lowest BCUT2D eigenvalue weighted by molar-refractivity contribution is 0.385. The van der Waals surface area contributed by atoms with E-state index in [1.54, 1.807) is 7.11 Å². The molecule has 0 radical (unpaired) electrons. The van der Waals surface area contributed by atoms with Gasteiger partial charge in [-0.15, -0.1) is 0 Å². The number of nitrogens with zero attached hydrogens (tertiary/aromatic N) is 3. The molecule has 5 rings (SSSR count). The maximum Gasteiger partial charge on any atom is 0.235 e. The summed E-state index contributed by atoms with van der Waals surface area (Å²) in [4.78, 5) is 10.4. The van der Waals surface area contributed by atoms with Crippen LogP contribution in [0, 0.1) is 12.8 Å². The van der Waals surface area contributed by atoms with Crippen LogP contribution in [-0.4, -0.2) is 31.8 Å². The molecule has 0 spiro atoms. The summed E-state index contributed by atoms with van der Waals surface area (Å²) < 4.78 is 20.3. The van der Waals surface area contributed by atoms with Gasteiger partial charge in [0.25, 0.3) is 0 Å². The summed E-state index contributed by atoms with van der Waals surface area (Å²) in [6, 6.07) is 18.0. The molecule has 1 atom stereocenters. The minimum atomic E-state index is -0.960. The van der Waals surface area contributed by atoms with Crippen molar-refractivity contribution < 1.29 is 9.29 Å². The summed E-state index contributed by atoms with van der Waals surface area (Å²) in [5.74, 6) is 2.84. The Morgan fingerprint density at radius 2 is 1.64 bits per heavy atom. The lowest BCUT2D eigenvalue weighted by Gasteiger charge is -2.22. The zero-order valence-corrected chi connectivity index (χ0v) is 20.0. The Morgan fingerprint density at radius 3 is 2.33 bits per heavy atom. The fourth-order valence-electron chi connectivity index (χ4n) is 4.67. The Kier molecular flexibility index (Phi) is 6.38. The summed E-state index contributed by atoms with van der Waals surface area (Å²) in [5.41, 5.74) is 4.80. The molecule has 0 amide bonds. The van der Waals surface area contributed by atoms with E-state index in [1.807, 2.05) is 60.0 Å². The van der Waals surface area contributed by atoms with Crippen molar-refractivity contribution >= 4 is 17.0 Å². The second-order valence-electron chi connectivity index (χ2n) is 8.82. The van der Waals surface area contributed by atoms with Gasteiger partial charge in [-0.25, -0.2) is 9.97 Å². The Balaban J connectivity index is 1.50. The van der Waals surface area contributed by atoms with Gasteiger partial charge in [-0.3, -0.25) is 4.40 Å². The first-order valence-electron chi connectivity index (χ1n) is 11.6. The van der Waals surface area contributed by atoms with Gasteiger partial charge in [0.2, 0.25) is 5.78 Å². The van der Waals surface area contributed by atoms with Crippen molar-refractivity contribution in [3.63, 3.8) is 0 Å². The summed E-state index contributed by atoms with van der Waals surface area (Å²) in [5, 5.41) is 0. The normalized spacial score (nSPS) is 15.6. The Hall–Kier alpha value is -2.83. The largest absolute Gasteiger partial charge is 0.611 e. The number of benzene rings is 2. The molecule has 1 saturated carbocycles. The minimum Gasteiger partial charge on any atom is -0.611 e. The molecule has 2 aromatic carbocycles. The van der Waals surface area contributed by atoms with E-state index in [-0.39, 0.29) is 0 Å². The molecule has 5 nitrogen and oxygen atoms in total. The molecule has 0 saturated heterocycles. The maximum absolute atomic E-state index is 13.0. The van der Waals surface area contributed by atoms with Gasteiger partial charge < -0.3 is 9.29 Å². The first-order valence-corrected chi connectivity index (χ1v) is 12.9. The number of fused-ring (bicyclic) bond motifs is 1. The number of aromatic nitrogens is 3. The van der Waals surface area contributed by atoms with E-state index in [9.17, 15) is 4.55 Å². The predicted molar refractivity (Wildman–Crippen MR) is 133 cm³/mol. The van der Waals surface area contributed by atoms with Gasteiger partial charge in [-0.05, 0) is 85.5 Å². The van der Waals surface area contributed by atoms with Crippen LogP contribution in [0.1, 0.15) is 37.8 Å². The lowest BCUT2D eigenvalue weighted by Crippen LogP contribution is -2.18. The Labute approximate surface area is 198 Å². The van der Waals surface area contributed by atoms with Gasteiger partial charge in [-0.1, -0.05) is 19.3 Å². The van der Waals surface area contributed by atoms with Crippen LogP contribution >= 0.6 is 0 Å². The number of ether oxygens (including phenoxy) is 1. The zero-order valence-electron chi connectivity index (χ0n) is 19.2. The monoisotopic (exact) mass is 459 g/mol. The standard InChI is InChI=1S/C27H29N3O2S/c1-19-16-17-30-26(25(29-27(30)28-19)21-8-12-23(32-2)13-9-21)22-10-14-24(15-11-22)33(31)18-20-6-4-3-5-7-20/h8-17,20H,3-7,18H2,1-2H3. The van der Waals surface area contributed by atoms with Crippen LogP contribution < -0.4 is 4.74 Å². The highest BCUT2D eigenvalue weighted by Crippen LogP contribution is 2.34. The Morgan fingerprint density at radius 1 is 0.939 bits per heavy atom. The van der Waals surface area contributed by atoms with E-state index in [1.165, 1.54) is 32.1 Å². The maximum atomic E-state index is 13.0. The van der Waals surface area contributed by atoms with Crippen molar-refractivity contribution in [2.75, 3.05) is 12.9 Å². The predicted octanol–water partition coefficient (Wildman–Crippen LogP) is 6.07. The first kappa shape index (κ1) is 22.0. The third-order valence-corrected chi connectivity index (χ3v) is 8.07. The SMILES string of the molecule is COc1ccc(-c2nc3nc(C)ccn3c2-c2ccc([S+]([O-])CC3CCCCC3)cc2)cc1. The number of hydrogen-bond acceptors (Lipinski definition) is 4. The first-order chi connectivity index (χ1) is 16.1. The zero-order chi connectivity index (χ0) is 22.8. The van der Waals surface area contributed by atoms with Crippen LogP contribution in [0.25, 0.3) is 28.3 Å². The smallest absolute Gasteiger partial charge is 0.235 e. The molecule has 1 aliphatic rings. The van der Waals surface area contributed by atoms with Crippen LogP contribution in [0.2, 0.25) is 0 Å². The topological polar surface area (TPSA) is 62.5 Å². The van der Waals surface area contributed by atoms with E-state index in [4.69, 9.17) is 9.72 Å². The van der Waals surface area contributed by atoms with E-state index >= 15 is 0 Å². The summed E-state index contributed by atoms with van der Waals surface area (Å²) in [6.07, 6.45) is 8.31. The van der Waals surface area contributed by atoms with Gasteiger partial charge in [0.05, 0.1) is 18.5 Å². The molecule has 1 fully saturated rings. The van der Waals surface area contributed by atoms with Crippen LogP contribution in [-0.2, 0) is 11.2 Å². The highest BCUT2D eigenvalue weighted by molar-refractivity contribution is 7.91. The number of aryl methyl sites for hydroxylation is 1. The van der Waals surface area contributed by atoms with E-state index in [2.05, 4.69) is 17.1 Å². The van der Waals surface area contributed by atoms with Crippen LogP contribution in [0.15, 0.2) is 65.7 Å². The van der Waals surface area contributed by atoms with Crippen molar-refractivity contribution in [3.05, 3.63) is 66.5 Å². The molecular weight excluding hydrogens is 430 g/mol. The molecular formula is C27H29N3O2S. The molecule has 33 heavy (non-hydrogen) atoms. The minimum absolute atomic E-state index is 0.592. The number of imidazole rings is 1. The second kappa shape index (κ2) is 9.57. The fourth-order valence-corrected chi connectivity index (χ4v) is 6.07. The van der Waals surface area contributed by atoms with Crippen molar-refractivity contribution in [1.29, 1.82) is 0 Å². The summed E-state index contributed by atoms with van der Waals surface area (Å²) >= 11 is -0.960. The summed E-state index contributed by atoms with van der Waals surface area (Å²) in [7, 11) is 1.66. The van der Waals surface area contributed by atoms with Crippen molar-refractivity contribution in [2.45, 2.75) is 43.9 Å². The van der Waals surface area contributed by atoms with E-state index in [0.717, 1.165) is 44.6 Å². The van der Waals surface area contributed by atoms with Gasteiger partial charge in [0.1, 0.15) is 11.5 Å². The Bertz CT molecular complexity index is 1230. The third kappa shape index (κ3) is 4.63. The second-order valence-corrected chi connectivity index (χ2v) is 10.3. The fraction of sp³-hybridized carbons (Fsp3) is 0.333. The molecule has 0 aliphatic heterocycles. The van der Waals surface area contributed by atoms with Crippen molar-refractivity contribution in [2.24, 2.45) is 5.92 Å². The molecule has 2 aromatic heterocycles. The van der Waals surface area contributed by atoms with Crippen LogP contribution in [0.5, 0.6) is 5.75 Å². The molecule has 170 valence electrons. The van der Waals surface area contributed by atoms with Gasteiger partial charge in [-0.2, -0.15) is 0 Å². The highest BCUT2D eigenvalue weighted by atomic mass is 32.2. The van der Waals surface area contributed by atoms with Gasteiger partial charge >= 0.3 is 0 Å². The quantitative estimate of drug-likeness (QED) is 0.328. The van der Waals surface area contributed by atoms with Gasteiger partial charge in [0, 0.05) is 28.9 Å². The van der Waals surface area contributed by atoms with Gasteiger partial charge in [0.15, 0.2) is 4.90 Å². The summed E-state index contributed by atoms with van der Waals surface area (Å²) in [6.45, 7) is 1.97. The molecule has 2 heterocycles. The molecule has 4 aromatic rings. The van der Waals surface area contributed by atoms with Crippen molar-refractivity contribution in [1.82, 2.24) is 14.4 Å². The molecule has 0 N–H and O–H groups in total. The third-order valence-electron chi connectivity index (χ3n) is 6.50. The van der Waals surface area contributed by atoms with E-state index in [0.29, 0.717) is 11.7 Å². The van der Waals surface area contributed by atoms with Crippen LogP contribution in [0.4, 0.5) is 0 Å². The number of methoxy groups -OCH3 is 1. The number of rotatable bonds is 6. The average Bonchev–Trinajstić information content (AvgIpc) is 3.23. The van der Waals surface area contributed by atoms with Crippen molar-refractivity contribution in [3.8, 4) is 28.3 Å².